The van der Waals surface area contributed by atoms with E-state index in [1.54, 1.807) is 12.2 Å². The van der Waals surface area contributed by atoms with Gasteiger partial charge in [0.2, 0.25) is 0 Å². The zero-order valence-electron chi connectivity index (χ0n) is 12.9. The number of benzene rings is 1. The summed E-state index contributed by atoms with van der Waals surface area (Å²) in [4.78, 5) is 0. The first-order valence-corrected chi connectivity index (χ1v) is 8.50. The second-order valence-corrected chi connectivity index (χ2v) is 8.18. The third-order valence-corrected chi connectivity index (χ3v) is 6.03. The second kappa shape index (κ2) is 5.11. The number of fused-ring (bicyclic) bond motifs is 1. The molecule has 0 aliphatic heterocycles. The van der Waals surface area contributed by atoms with Crippen molar-refractivity contribution in [2.75, 3.05) is 0 Å². The molecular weight excluding hydrogens is 284 g/mol. The molecule has 0 radical (unpaired) electrons. The first-order chi connectivity index (χ1) is 9.60. The Hall–Kier alpha value is -1.39. The van der Waals surface area contributed by atoms with E-state index >= 15 is 0 Å². The van der Waals surface area contributed by atoms with Crippen molar-refractivity contribution in [3.8, 4) is 0 Å². The van der Waals surface area contributed by atoms with Crippen LogP contribution < -0.4 is 0 Å². The molecule has 0 aromatic heterocycles. The van der Waals surface area contributed by atoms with Gasteiger partial charge < -0.3 is 0 Å². The molecule has 1 aromatic rings. The highest BCUT2D eigenvalue weighted by atomic mass is 32.2. The Morgan fingerprint density at radius 3 is 2.24 bits per heavy atom. The summed E-state index contributed by atoms with van der Waals surface area (Å²) in [5.41, 5.74) is 1.84. The van der Waals surface area contributed by atoms with E-state index in [2.05, 4.69) is 26.8 Å². The van der Waals surface area contributed by atoms with Gasteiger partial charge in [-0.05, 0) is 24.0 Å². The van der Waals surface area contributed by atoms with Gasteiger partial charge in [0, 0.05) is 5.41 Å². The van der Waals surface area contributed by atoms with Crippen molar-refractivity contribution in [1.82, 2.24) is 0 Å². The molecule has 2 atom stereocenters. The highest BCUT2D eigenvalue weighted by molar-refractivity contribution is 7.87. The molecule has 1 aliphatic carbocycles. The average Bonchev–Trinajstić information content (AvgIpc) is 2.40. The molecule has 0 amide bonds. The maximum absolute atomic E-state index is 11.7. The van der Waals surface area contributed by atoms with E-state index < -0.39 is 14.9 Å². The number of hydrogen-bond donors (Lipinski definition) is 1. The van der Waals surface area contributed by atoms with Gasteiger partial charge in [0.1, 0.15) is 4.75 Å². The zero-order valence-corrected chi connectivity index (χ0v) is 13.7. The van der Waals surface area contributed by atoms with Crippen LogP contribution >= 0.6 is 0 Å². The molecular formula is C17H22O3S. The van der Waals surface area contributed by atoms with E-state index in [4.69, 9.17) is 0 Å². The molecule has 0 bridgehead atoms. The topological polar surface area (TPSA) is 54.4 Å². The Morgan fingerprint density at radius 1 is 1.05 bits per heavy atom. The minimum Gasteiger partial charge on any atom is -0.285 e. The summed E-state index contributed by atoms with van der Waals surface area (Å²) in [6.07, 6.45) is 6.83. The summed E-state index contributed by atoms with van der Waals surface area (Å²) in [7, 11) is -4.22. The Labute approximate surface area is 127 Å². The van der Waals surface area contributed by atoms with E-state index in [1.807, 2.05) is 24.3 Å². The van der Waals surface area contributed by atoms with Crippen LogP contribution in [0.4, 0.5) is 0 Å². The summed E-state index contributed by atoms with van der Waals surface area (Å²) < 4.78 is 31.6. The van der Waals surface area contributed by atoms with Crippen LogP contribution in [-0.4, -0.2) is 17.7 Å². The van der Waals surface area contributed by atoms with Crippen molar-refractivity contribution in [3.63, 3.8) is 0 Å². The van der Waals surface area contributed by atoms with Gasteiger partial charge in [-0.1, -0.05) is 69.3 Å². The van der Waals surface area contributed by atoms with Gasteiger partial charge in [0.05, 0.1) is 0 Å². The van der Waals surface area contributed by atoms with Crippen molar-refractivity contribution in [2.45, 2.75) is 37.9 Å². The quantitative estimate of drug-likeness (QED) is 0.667. The fourth-order valence-electron chi connectivity index (χ4n) is 2.55. The lowest BCUT2D eigenvalue weighted by molar-refractivity contribution is 0.416. The molecule has 1 aliphatic rings. The third kappa shape index (κ3) is 2.70. The molecule has 2 rings (SSSR count). The number of allylic oxidation sites excluding steroid dienone is 1. The fourth-order valence-corrected chi connectivity index (χ4v) is 3.03. The molecule has 21 heavy (non-hydrogen) atoms. The monoisotopic (exact) mass is 306 g/mol. The predicted molar refractivity (Wildman–Crippen MR) is 86.8 cm³/mol. The summed E-state index contributed by atoms with van der Waals surface area (Å²) in [6, 6.07) is 7.96. The predicted octanol–water partition coefficient (Wildman–Crippen LogP) is 3.83. The Balaban J connectivity index is 2.75. The number of hydrogen-bond acceptors (Lipinski definition) is 2. The van der Waals surface area contributed by atoms with Crippen molar-refractivity contribution in [2.24, 2.45) is 5.92 Å². The molecule has 1 aromatic carbocycles. The van der Waals surface area contributed by atoms with Crippen LogP contribution in [0, 0.1) is 5.92 Å². The van der Waals surface area contributed by atoms with E-state index in [9.17, 15) is 13.0 Å². The second-order valence-electron chi connectivity index (χ2n) is 6.35. The molecule has 0 spiro atoms. The van der Waals surface area contributed by atoms with Gasteiger partial charge in [0.15, 0.2) is 0 Å². The van der Waals surface area contributed by atoms with Crippen LogP contribution in [0.2, 0.25) is 0 Å². The number of rotatable bonds is 2. The molecule has 1 N–H and O–H groups in total. The summed E-state index contributed by atoms with van der Waals surface area (Å²) in [6.45, 7) is 7.81. The lowest BCUT2D eigenvalue weighted by Gasteiger charge is -2.35. The smallest absolute Gasteiger partial charge is 0.277 e. The molecule has 114 valence electrons. The first-order valence-electron chi connectivity index (χ1n) is 7.06. The molecule has 3 nitrogen and oxygen atoms in total. The van der Waals surface area contributed by atoms with Crippen LogP contribution in [0.1, 0.15) is 38.8 Å². The third-order valence-electron chi connectivity index (χ3n) is 4.65. The van der Waals surface area contributed by atoms with Crippen LogP contribution in [0.5, 0.6) is 0 Å². The highest BCUT2D eigenvalue weighted by Gasteiger charge is 2.37. The van der Waals surface area contributed by atoms with E-state index in [1.165, 1.54) is 13.0 Å². The van der Waals surface area contributed by atoms with Gasteiger partial charge in [0.25, 0.3) is 10.1 Å². The van der Waals surface area contributed by atoms with Crippen LogP contribution in [-0.2, 0) is 15.5 Å². The highest BCUT2D eigenvalue weighted by Crippen LogP contribution is 2.39. The van der Waals surface area contributed by atoms with Gasteiger partial charge in [-0.15, -0.1) is 0 Å². The van der Waals surface area contributed by atoms with Crippen molar-refractivity contribution < 1.29 is 13.0 Å². The van der Waals surface area contributed by atoms with Gasteiger partial charge in [-0.25, -0.2) is 0 Å². The van der Waals surface area contributed by atoms with Gasteiger partial charge >= 0.3 is 0 Å². The molecule has 0 saturated heterocycles. The standard InChI is InChI=1S/C17H22O3S/c1-13(2)17(4)12-11-16(3,21(18,19)20)10-9-14-7-5-6-8-15(14)17/h5-13H,1-4H3,(H,18,19,20)/b10-9-,12-11-. The Morgan fingerprint density at radius 2 is 1.67 bits per heavy atom. The zero-order chi connectivity index (χ0) is 15.9. The maximum Gasteiger partial charge on any atom is 0.277 e. The molecule has 0 heterocycles. The van der Waals surface area contributed by atoms with E-state index in [0.29, 0.717) is 0 Å². The van der Waals surface area contributed by atoms with Crippen molar-refractivity contribution in [3.05, 3.63) is 53.6 Å². The summed E-state index contributed by atoms with van der Waals surface area (Å²) >= 11 is 0. The minimum absolute atomic E-state index is 0.284. The first kappa shape index (κ1) is 16.0. The van der Waals surface area contributed by atoms with Crippen LogP contribution in [0.3, 0.4) is 0 Å². The lowest BCUT2D eigenvalue weighted by atomic mass is 9.70. The average molecular weight is 306 g/mol. The summed E-state index contributed by atoms with van der Waals surface area (Å²) in [5, 5.41) is 0. The lowest BCUT2D eigenvalue weighted by Crippen LogP contribution is -2.34. The van der Waals surface area contributed by atoms with Crippen molar-refractivity contribution in [1.29, 1.82) is 0 Å². The molecule has 0 fully saturated rings. The van der Waals surface area contributed by atoms with Gasteiger partial charge in [-0.3, -0.25) is 4.55 Å². The molecule has 0 saturated carbocycles. The largest absolute Gasteiger partial charge is 0.285 e. The van der Waals surface area contributed by atoms with Crippen LogP contribution in [0.25, 0.3) is 6.08 Å². The normalized spacial score (nSPS) is 32.1. The molecule has 4 heteroatoms. The van der Waals surface area contributed by atoms with Gasteiger partial charge in [-0.2, -0.15) is 8.42 Å². The Bertz CT molecular complexity index is 701. The SMILES string of the molecule is CC(C)C1(C)/C=C\C(C)(S(=O)(=O)O)/C=C\c2ccccc21. The van der Waals surface area contributed by atoms with Crippen LogP contribution in [0.15, 0.2) is 42.5 Å². The Kier molecular flexibility index (Phi) is 3.89. The molecule has 2 unspecified atom stereocenters. The van der Waals surface area contributed by atoms with Crippen molar-refractivity contribution >= 4 is 16.2 Å². The fraction of sp³-hybridized carbons (Fsp3) is 0.412. The van der Waals surface area contributed by atoms with E-state index in [-0.39, 0.29) is 11.3 Å². The minimum atomic E-state index is -4.22. The van der Waals surface area contributed by atoms with E-state index in [0.717, 1.165) is 11.1 Å². The summed E-state index contributed by atoms with van der Waals surface area (Å²) in [5.74, 6) is 0.284. The maximum atomic E-state index is 11.7.